The normalized spacial score (nSPS) is 51.6. The molecule has 0 saturated heterocycles. The fourth-order valence-corrected chi connectivity index (χ4v) is 5.96. The molecule has 2 nitrogen and oxygen atoms in total. The molecule has 96 valence electrons. The predicted molar refractivity (Wildman–Crippen MR) is 66.5 cm³/mol. The first kappa shape index (κ1) is 11.6. The molecule has 0 heterocycles. The molecule has 0 amide bonds. The fraction of sp³-hybridized carbons (Fsp3) is 0.933. The van der Waals surface area contributed by atoms with E-state index in [0.717, 1.165) is 25.2 Å². The molecule has 0 aliphatic heterocycles. The van der Waals surface area contributed by atoms with E-state index >= 15 is 0 Å². The number of carbonyl (C=O) groups is 1. The lowest BCUT2D eigenvalue weighted by Crippen LogP contribution is -2.58. The Balaban J connectivity index is 1.94. The van der Waals surface area contributed by atoms with Gasteiger partial charge in [0.1, 0.15) is 0 Å². The van der Waals surface area contributed by atoms with Crippen LogP contribution in [0.5, 0.6) is 0 Å². The SMILES string of the molecule is CCOC(=O)C12CC3CC(C)(CC(C)(C3)C1)C2. The summed E-state index contributed by atoms with van der Waals surface area (Å²) in [5.41, 5.74) is 0.681. The van der Waals surface area contributed by atoms with Gasteiger partial charge < -0.3 is 4.74 Å². The van der Waals surface area contributed by atoms with Gasteiger partial charge in [0.05, 0.1) is 12.0 Å². The van der Waals surface area contributed by atoms with Crippen molar-refractivity contribution >= 4 is 5.97 Å². The third-order valence-corrected chi connectivity index (χ3v) is 5.33. The maximum Gasteiger partial charge on any atom is 0.312 e. The van der Waals surface area contributed by atoms with Gasteiger partial charge in [-0.15, -0.1) is 0 Å². The fourth-order valence-electron chi connectivity index (χ4n) is 5.96. The average molecular weight is 236 g/mol. The second-order valence-electron chi connectivity index (χ2n) is 7.63. The first-order chi connectivity index (χ1) is 7.89. The van der Waals surface area contributed by atoms with Gasteiger partial charge in [-0.25, -0.2) is 0 Å². The summed E-state index contributed by atoms with van der Waals surface area (Å²) in [5.74, 6) is 0.868. The molecule has 17 heavy (non-hydrogen) atoms. The van der Waals surface area contributed by atoms with Gasteiger partial charge in [-0.2, -0.15) is 0 Å². The lowest BCUT2D eigenvalue weighted by atomic mass is 9.40. The number of ether oxygens (including phenoxy) is 1. The lowest BCUT2D eigenvalue weighted by molar-refractivity contribution is -0.190. The first-order valence-electron chi connectivity index (χ1n) is 7.06. The highest BCUT2D eigenvalue weighted by Gasteiger charge is 2.63. The van der Waals surface area contributed by atoms with Crippen molar-refractivity contribution in [1.82, 2.24) is 0 Å². The van der Waals surface area contributed by atoms with E-state index in [2.05, 4.69) is 13.8 Å². The zero-order chi connectivity index (χ0) is 12.3. The summed E-state index contributed by atoms with van der Waals surface area (Å²) in [6, 6.07) is 0. The molecule has 4 bridgehead atoms. The van der Waals surface area contributed by atoms with Crippen LogP contribution in [0.15, 0.2) is 0 Å². The zero-order valence-corrected chi connectivity index (χ0v) is 11.3. The van der Waals surface area contributed by atoms with E-state index < -0.39 is 0 Å². The highest BCUT2D eigenvalue weighted by atomic mass is 16.5. The van der Waals surface area contributed by atoms with Gasteiger partial charge in [-0.3, -0.25) is 4.79 Å². The summed E-state index contributed by atoms with van der Waals surface area (Å²) >= 11 is 0. The molecule has 0 N–H and O–H groups in total. The van der Waals surface area contributed by atoms with E-state index in [9.17, 15) is 4.79 Å². The first-order valence-corrected chi connectivity index (χ1v) is 7.06. The molecule has 2 heteroatoms. The maximum atomic E-state index is 12.4. The second-order valence-corrected chi connectivity index (χ2v) is 7.63. The van der Waals surface area contributed by atoms with Crippen LogP contribution in [0.2, 0.25) is 0 Å². The summed E-state index contributed by atoms with van der Waals surface area (Å²) in [4.78, 5) is 12.4. The van der Waals surface area contributed by atoms with Crippen LogP contribution in [0.1, 0.15) is 59.3 Å². The number of esters is 1. The van der Waals surface area contributed by atoms with Crippen LogP contribution in [0.3, 0.4) is 0 Å². The minimum atomic E-state index is -0.126. The Kier molecular flexibility index (Phi) is 2.22. The van der Waals surface area contributed by atoms with E-state index in [0.29, 0.717) is 17.4 Å². The van der Waals surface area contributed by atoms with Gasteiger partial charge in [0, 0.05) is 0 Å². The average Bonchev–Trinajstić information content (AvgIpc) is 2.11. The topological polar surface area (TPSA) is 26.3 Å². The maximum absolute atomic E-state index is 12.4. The Bertz CT molecular complexity index is 342. The molecule has 4 fully saturated rings. The van der Waals surface area contributed by atoms with E-state index in [-0.39, 0.29) is 11.4 Å². The van der Waals surface area contributed by atoms with E-state index in [1.165, 1.54) is 19.3 Å². The molecular formula is C15H24O2. The summed E-state index contributed by atoms with van der Waals surface area (Å²) < 4.78 is 5.38. The van der Waals surface area contributed by atoms with Gasteiger partial charge in [-0.05, 0) is 62.2 Å². The summed E-state index contributed by atoms with van der Waals surface area (Å²) in [6.45, 7) is 7.23. The van der Waals surface area contributed by atoms with Crippen molar-refractivity contribution in [3.05, 3.63) is 0 Å². The Hall–Kier alpha value is -0.530. The third kappa shape index (κ3) is 1.63. The van der Waals surface area contributed by atoms with Crippen molar-refractivity contribution in [3.8, 4) is 0 Å². The Labute approximate surface area is 104 Å². The van der Waals surface area contributed by atoms with Crippen LogP contribution in [0.4, 0.5) is 0 Å². The standard InChI is InChI=1S/C15H24O2/c1-4-17-12(16)15-7-11-5-13(2,9-15)8-14(3,6-11)10-15/h11H,4-10H2,1-3H3. The van der Waals surface area contributed by atoms with Crippen LogP contribution in [-0.4, -0.2) is 12.6 Å². The van der Waals surface area contributed by atoms with Crippen molar-refractivity contribution in [1.29, 1.82) is 0 Å². The molecule has 4 aliphatic carbocycles. The molecule has 4 saturated carbocycles. The summed E-state index contributed by atoms with van der Waals surface area (Å²) in [5, 5.41) is 0. The molecule has 0 aromatic carbocycles. The van der Waals surface area contributed by atoms with Gasteiger partial charge in [0.25, 0.3) is 0 Å². The number of rotatable bonds is 2. The predicted octanol–water partition coefficient (Wildman–Crippen LogP) is 3.55. The van der Waals surface area contributed by atoms with Gasteiger partial charge >= 0.3 is 5.97 Å². The molecule has 0 spiro atoms. The van der Waals surface area contributed by atoms with Crippen molar-refractivity contribution in [2.45, 2.75) is 59.3 Å². The van der Waals surface area contributed by atoms with Crippen molar-refractivity contribution in [2.75, 3.05) is 6.61 Å². The monoisotopic (exact) mass is 236 g/mol. The van der Waals surface area contributed by atoms with Crippen molar-refractivity contribution < 1.29 is 9.53 Å². The minimum absolute atomic E-state index is 0.0987. The molecular weight excluding hydrogens is 212 g/mol. The Morgan fingerprint density at radius 1 is 1.12 bits per heavy atom. The smallest absolute Gasteiger partial charge is 0.312 e. The molecule has 2 atom stereocenters. The quantitative estimate of drug-likeness (QED) is 0.685. The number of carbonyl (C=O) groups excluding carboxylic acids is 1. The number of hydrogen-bond acceptors (Lipinski definition) is 2. The summed E-state index contributed by atoms with van der Waals surface area (Å²) in [6.07, 6.45) is 7.23. The Morgan fingerprint density at radius 3 is 2.18 bits per heavy atom. The molecule has 0 aromatic heterocycles. The Morgan fingerprint density at radius 2 is 1.71 bits per heavy atom. The van der Waals surface area contributed by atoms with E-state index in [1.54, 1.807) is 0 Å². The van der Waals surface area contributed by atoms with Crippen molar-refractivity contribution in [3.63, 3.8) is 0 Å². The second kappa shape index (κ2) is 3.27. The lowest BCUT2D eigenvalue weighted by Gasteiger charge is -2.64. The number of hydrogen-bond donors (Lipinski definition) is 0. The van der Waals surface area contributed by atoms with Crippen LogP contribution < -0.4 is 0 Å². The zero-order valence-electron chi connectivity index (χ0n) is 11.3. The van der Waals surface area contributed by atoms with Crippen LogP contribution in [-0.2, 0) is 9.53 Å². The van der Waals surface area contributed by atoms with Gasteiger partial charge in [0.15, 0.2) is 0 Å². The molecule has 4 rings (SSSR count). The van der Waals surface area contributed by atoms with E-state index in [4.69, 9.17) is 4.74 Å². The van der Waals surface area contributed by atoms with Crippen LogP contribution >= 0.6 is 0 Å². The molecule has 4 aliphatic rings. The molecule has 0 radical (unpaired) electrons. The highest BCUT2D eigenvalue weighted by Crippen LogP contribution is 2.69. The summed E-state index contributed by atoms with van der Waals surface area (Å²) in [7, 11) is 0. The minimum Gasteiger partial charge on any atom is -0.466 e. The van der Waals surface area contributed by atoms with Gasteiger partial charge in [-0.1, -0.05) is 13.8 Å². The largest absolute Gasteiger partial charge is 0.466 e. The van der Waals surface area contributed by atoms with Crippen LogP contribution in [0.25, 0.3) is 0 Å². The van der Waals surface area contributed by atoms with Crippen LogP contribution in [0, 0.1) is 22.2 Å². The molecule has 0 aromatic rings. The third-order valence-electron chi connectivity index (χ3n) is 5.33. The van der Waals surface area contributed by atoms with Crippen molar-refractivity contribution in [2.24, 2.45) is 22.2 Å². The molecule has 2 unspecified atom stereocenters. The van der Waals surface area contributed by atoms with Gasteiger partial charge in [0.2, 0.25) is 0 Å². The highest BCUT2D eigenvalue weighted by molar-refractivity contribution is 5.77. The van der Waals surface area contributed by atoms with E-state index in [1.807, 2.05) is 6.92 Å².